The topological polar surface area (TPSA) is 30.8 Å². The smallest absolute Gasteiger partial charge is 0.241 e. The van der Waals surface area contributed by atoms with E-state index in [0.717, 1.165) is 31.4 Å². The molecule has 28 heavy (non-hydrogen) atoms. The summed E-state index contributed by atoms with van der Waals surface area (Å²) >= 11 is 0. The van der Waals surface area contributed by atoms with Crippen LogP contribution in [0.4, 0.5) is 22.0 Å². The van der Waals surface area contributed by atoms with Gasteiger partial charge >= 0.3 is 0 Å². The fourth-order valence-corrected chi connectivity index (χ4v) is 3.28. The van der Waals surface area contributed by atoms with Gasteiger partial charge in [0.15, 0.2) is 23.3 Å². The lowest BCUT2D eigenvalue weighted by atomic mass is 10.1. The molecule has 1 rings (SSSR count). The van der Waals surface area contributed by atoms with E-state index < -0.39 is 49.6 Å². The molecular weight excluding hydrogens is 397 g/mol. The third-order valence-electron chi connectivity index (χ3n) is 3.62. The molecular formula is C19H26F5NO2Si. The molecule has 0 amide bonds. The van der Waals surface area contributed by atoms with E-state index in [9.17, 15) is 22.0 Å². The summed E-state index contributed by atoms with van der Waals surface area (Å²) in [5.41, 5.74) is -1.07. The van der Waals surface area contributed by atoms with Crippen LogP contribution >= 0.6 is 0 Å². The standard InChI is InChI=1S/C19H26F5NO2Si/c1-5-6-7-8-9-13(27-28(2,3)4)10-11-25-26-12-14-15(20)17(22)19(24)18(23)16(14)21/h10-11H,5-9,12H2,1-4H3/b13-10-,25-11+. The van der Waals surface area contributed by atoms with Crippen LogP contribution in [0.3, 0.4) is 0 Å². The molecule has 0 saturated carbocycles. The molecule has 0 aliphatic carbocycles. The van der Waals surface area contributed by atoms with E-state index in [1.165, 1.54) is 6.21 Å². The average molecular weight is 423 g/mol. The highest BCUT2D eigenvalue weighted by molar-refractivity contribution is 6.70. The molecule has 0 aromatic heterocycles. The summed E-state index contributed by atoms with van der Waals surface area (Å²) in [6.45, 7) is 7.32. The van der Waals surface area contributed by atoms with Crippen LogP contribution in [-0.2, 0) is 15.9 Å². The zero-order chi connectivity index (χ0) is 21.3. The molecule has 0 unspecified atom stereocenters. The Bertz CT molecular complexity index is 688. The van der Waals surface area contributed by atoms with E-state index in [-0.39, 0.29) is 0 Å². The van der Waals surface area contributed by atoms with Gasteiger partial charge in [0.05, 0.1) is 17.5 Å². The van der Waals surface area contributed by atoms with E-state index in [4.69, 9.17) is 9.26 Å². The molecule has 1 aromatic carbocycles. The van der Waals surface area contributed by atoms with Crippen molar-refractivity contribution in [2.75, 3.05) is 0 Å². The highest BCUT2D eigenvalue weighted by atomic mass is 28.4. The second-order valence-electron chi connectivity index (χ2n) is 7.23. The van der Waals surface area contributed by atoms with Gasteiger partial charge in [0, 0.05) is 6.42 Å². The normalized spacial score (nSPS) is 12.7. The Morgan fingerprint density at radius 2 is 1.46 bits per heavy atom. The highest BCUT2D eigenvalue weighted by Gasteiger charge is 2.25. The molecule has 1 aromatic rings. The second kappa shape index (κ2) is 11.2. The number of oxime groups is 1. The monoisotopic (exact) mass is 423 g/mol. The molecule has 0 radical (unpaired) electrons. The van der Waals surface area contributed by atoms with E-state index in [0.29, 0.717) is 6.42 Å². The first-order chi connectivity index (χ1) is 13.1. The largest absolute Gasteiger partial charge is 0.547 e. The summed E-state index contributed by atoms with van der Waals surface area (Å²) in [6.07, 6.45) is 7.79. The summed E-state index contributed by atoms with van der Waals surface area (Å²) in [7, 11) is -1.83. The molecule has 0 bridgehead atoms. The first-order valence-corrected chi connectivity index (χ1v) is 12.5. The van der Waals surface area contributed by atoms with E-state index in [2.05, 4.69) is 12.1 Å². The van der Waals surface area contributed by atoms with Crippen molar-refractivity contribution in [1.29, 1.82) is 0 Å². The van der Waals surface area contributed by atoms with Crippen molar-refractivity contribution in [3.63, 3.8) is 0 Å². The quantitative estimate of drug-likeness (QED) is 0.0587. The van der Waals surface area contributed by atoms with E-state index in [1.807, 2.05) is 19.6 Å². The predicted molar refractivity (Wildman–Crippen MR) is 101 cm³/mol. The summed E-state index contributed by atoms with van der Waals surface area (Å²) in [5, 5.41) is 3.51. The van der Waals surface area contributed by atoms with Crippen molar-refractivity contribution in [2.45, 2.75) is 65.3 Å². The Morgan fingerprint density at radius 1 is 0.893 bits per heavy atom. The average Bonchev–Trinajstić information content (AvgIpc) is 2.62. The minimum atomic E-state index is -2.21. The number of rotatable bonds is 11. The number of hydrogen-bond donors (Lipinski definition) is 0. The van der Waals surface area contributed by atoms with Crippen LogP contribution in [-0.4, -0.2) is 14.5 Å². The van der Waals surface area contributed by atoms with Crippen molar-refractivity contribution in [3.05, 3.63) is 46.5 Å². The van der Waals surface area contributed by atoms with Gasteiger partial charge in [-0.25, -0.2) is 22.0 Å². The van der Waals surface area contributed by atoms with Crippen molar-refractivity contribution in [2.24, 2.45) is 5.16 Å². The second-order valence-corrected chi connectivity index (χ2v) is 11.7. The van der Waals surface area contributed by atoms with E-state index >= 15 is 0 Å². The number of benzene rings is 1. The van der Waals surface area contributed by atoms with Gasteiger partial charge in [-0.05, 0) is 32.1 Å². The molecule has 0 aliphatic rings. The maximum Gasteiger partial charge on any atom is 0.241 e. The van der Waals surface area contributed by atoms with Crippen molar-refractivity contribution < 1.29 is 31.2 Å². The fraction of sp³-hybridized carbons (Fsp3) is 0.526. The maximum absolute atomic E-state index is 13.5. The first-order valence-electron chi connectivity index (χ1n) is 9.12. The fourth-order valence-electron chi connectivity index (χ4n) is 2.32. The van der Waals surface area contributed by atoms with Crippen LogP contribution in [0.1, 0.15) is 44.6 Å². The highest BCUT2D eigenvalue weighted by Crippen LogP contribution is 2.23. The number of allylic oxidation sites excluding steroid dienone is 2. The van der Waals surface area contributed by atoms with Crippen molar-refractivity contribution >= 4 is 14.5 Å². The SMILES string of the molecule is CCCCCC/C(=C/C=N/OCc1c(F)c(F)c(F)c(F)c1F)O[Si](C)(C)C. The third-order valence-corrected chi connectivity index (χ3v) is 4.49. The predicted octanol–water partition coefficient (Wildman–Crippen LogP) is 6.59. The Hall–Kier alpha value is -1.90. The van der Waals surface area contributed by atoms with Gasteiger partial charge in [0.1, 0.15) is 6.61 Å². The van der Waals surface area contributed by atoms with Gasteiger partial charge in [-0.1, -0.05) is 31.3 Å². The Morgan fingerprint density at radius 3 is 2.00 bits per heavy atom. The first kappa shape index (κ1) is 24.1. The summed E-state index contributed by atoms with van der Waals surface area (Å²) in [4.78, 5) is 4.70. The van der Waals surface area contributed by atoms with Gasteiger partial charge in [0.25, 0.3) is 0 Å². The molecule has 0 fully saturated rings. The lowest BCUT2D eigenvalue weighted by Crippen LogP contribution is -2.24. The molecule has 0 heterocycles. The molecule has 0 saturated heterocycles. The molecule has 0 aliphatic heterocycles. The van der Waals surface area contributed by atoms with Crippen LogP contribution in [0.5, 0.6) is 0 Å². The van der Waals surface area contributed by atoms with Crippen molar-refractivity contribution in [3.8, 4) is 0 Å². The molecule has 9 heteroatoms. The zero-order valence-corrected chi connectivity index (χ0v) is 17.6. The van der Waals surface area contributed by atoms with Gasteiger partial charge in [0.2, 0.25) is 14.1 Å². The van der Waals surface area contributed by atoms with Crippen LogP contribution in [0, 0.1) is 29.1 Å². The Balaban J connectivity index is 2.75. The van der Waals surface area contributed by atoms with Crippen LogP contribution in [0.25, 0.3) is 0 Å². The van der Waals surface area contributed by atoms with Crippen LogP contribution < -0.4 is 0 Å². The number of hydrogen-bond acceptors (Lipinski definition) is 3. The third kappa shape index (κ3) is 7.61. The van der Waals surface area contributed by atoms with Gasteiger partial charge in [-0.3, -0.25) is 0 Å². The summed E-state index contributed by atoms with van der Waals surface area (Å²) in [5.74, 6) is -9.37. The zero-order valence-electron chi connectivity index (χ0n) is 16.6. The van der Waals surface area contributed by atoms with Gasteiger partial charge in [-0.2, -0.15) is 0 Å². The minimum Gasteiger partial charge on any atom is -0.547 e. The lowest BCUT2D eigenvalue weighted by molar-refractivity contribution is 0.124. The molecule has 0 N–H and O–H groups in total. The number of halogens is 5. The molecule has 158 valence electrons. The number of unbranched alkanes of at least 4 members (excludes halogenated alkanes) is 3. The van der Waals surface area contributed by atoms with E-state index in [1.54, 1.807) is 6.08 Å². The lowest BCUT2D eigenvalue weighted by Gasteiger charge is -2.21. The van der Waals surface area contributed by atoms with Crippen LogP contribution in [0.15, 0.2) is 17.0 Å². The Labute approximate surface area is 163 Å². The van der Waals surface area contributed by atoms with Crippen molar-refractivity contribution in [1.82, 2.24) is 0 Å². The molecule has 3 nitrogen and oxygen atoms in total. The number of nitrogens with zero attached hydrogens (tertiary/aromatic N) is 1. The maximum atomic E-state index is 13.5. The molecule has 0 atom stereocenters. The van der Waals surface area contributed by atoms with Gasteiger partial charge < -0.3 is 9.26 Å². The Kier molecular flexibility index (Phi) is 9.64. The van der Waals surface area contributed by atoms with Crippen LogP contribution in [0.2, 0.25) is 19.6 Å². The summed E-state index contributed by atoms with van der Waals surface area (Å²) in [6, 6.07) is 0. The molecule has 0 spiro atoms. The van der Waals surface area contributed by atoms with Gasteiger partial charge in [-0.15, -0.1) is 0 Å². The summed E-state index contributed by atoms with van der Waals surface area (Å²) < 4.78 is 72.3. The minimum absolute atomic E-state index is 0.716.